The largest absolute Gasteiger partial charge is 0.504 e. The monoisotopic (exact) mass is 461 g/mol. The Balaban J connectivity index is 1.39. The molecular weight excluding hydrogens is 437 g/mol. The van der Waals surface area contributed by atoms with Gasteiger partial charge >= 0.3 is 6.03 Å². The predicted octanol–water partition coefficient (Wildman–Crippen LogP) is 2.17. The lowest BCUT2D eigenvalue weighted by Gasteiger charge is -2.40. The van der Waals surface area contributed by atoms with Gasteiger partial charge in [-0.3, -0.25) is 5.32 Å². The molecule has 4 rings (SSSR count). The van der Waals surface area contributed by atoms with Gasteiger partial charge < -0.3 is 25.1 Å². The topological polar surface area (TPSA) is 122 Å². The van der Waals surface area contributed by atoms with Crippen molar-refractivity contribution >= 4 is 38.5 Å². The normalized spacial score (nSPS) is 17.6. The van der Waals surface area contributed by atoms with Gasteiger partial charge in [0.05, 0.1) is 22.9 Å². The summed E-state index contributed by atoms with van der Waals surface area (Å²) in [4.78, 5) is 25.0. The van der Waals surface area contributed by atoms with E-state index in [0.29, 0.717) is 46.4 Å². The van der Waals surface area contributed by atoms with E-state index in [4.69, 9.17) is 5.11 Å². The molecule has 3 aromatic rings. The highest BCUT2D eigenvalue weighted by atomic mass is 32.1. The zero-order chi connectivity index (χ0) is 22.8. The predicted molar refractivity (Wildman–Crippen MR) is 120 cm³/mol. The number of pyridine rings is 1. The van der Waals surface area contributed by atoms with Gasteiger partial charge in [-0.15, -0.1) is 0 Å². The number of amides is 2. The van der Waals surface area contributed by atoms with Gasteiger partial charge in [-0.1, -0.05) is 11.3 Å². The van der Waals surface area contributed by atoms with E-state index in [1.165, 1.54) is 29.5 Å². The molecule has 1 aromatic carbocycles. The van der Waals surface area contributed by atoms with E-state index in [-0.39, 0.29) is 36.7 Å². The molecule has 0 radical (unpaired) electrons. The molecule has 170 valence electrons. The van der Waals surface area contributed by atoms with Crippen LogP contribution < -0.4 is 10.2 Å². The second kappa shape index (κ2) is 9.23. The molecule has 0 spiro atoms. The highest BCUT2D eigenvalue weighted by molar-refractivity contribution is 7.22. The molecule has 0 saturated carbocycles. The number of fused-ring (bicyclic) bond motifs is 1. The second-order valence-corrected chi connectivity index (χ2v) is 8.81. The summed E-state index contributed by atoms with van der Waals surface area (Å²) in [5, 5.41) is 32.1. The van der Waals surface area contributed by atoms with Crippen molar-refractivity contribution in [1.29, 1.82) is 0 Å². The third kappa shape index (κ3) is 4.74. The number of benzene rings is 1. The molecule has 1 aliphatic rings. The highest BCUT2D eigenvalue weighted by Gasteiger charge is 2.29. The summed E-state index contributed by atoms with van der Waals surface area (Å²) in [6, 6.07) is 5.38. The van der Waals surface area contributed by atoms with Gasteiger partial charge in [0, 0.05) is 38.3 Å². The average Bonchev–Trinajstić information content (AvgIpc) is 3.14. The van der Waals surface area contributed by atoms with Crippen LogP contribution in [0.4, 0.5) is 20.1 Å². The summed E-state index contributed by atoms with van der Waals surface area (Å²) >= 11 is 1.21. The minimum Gasteiger partial charge on any atom is -0.504 e. The number of carbonyl (C=O) groups is 1. The Hall–Kier alpha value is -3.02. The van der Waals surface area contributed by atoms with Crippen LogP contribution in [0.2, 0.25) is 0 Å². The number of nitrogens with zero attached hydrogens (tertiary/aromatic N) is 4. The number of rotatable bonds is 5. The minimum atomic E-state index is -0.904. The van der Waals surface area contributed by atoms with Gasteiger partial charge in [0.2, 0.25) is 0 Å². The Labute approximate surface area is 187 Å². The molecule has 9 nitrogen and oxygen atoms in total. The fourth-order valence-corrected chi connectivity index (χ4v) is 4.63. The molecular formula is C21H24FN5O4S. The van der Waals surface area contributed by atoms with E-state index in [1.807, 2.05) is 11.8 Å². The first-order valence-corrected chi connectivity index (χ1v) is 11.0. The smallest absolute Gasteiger partial charge is 0.324 e. The lowest BCUT2D eigenvalue weighted by atomic mass is 10.1. The van der Waals surface area contributed by atoms with Crippen LogP contribution in [0, 0.1) is 5.82 Å². The van der Waals surface area contributed by atoms with Gasteiger partial charge in [0.15, 0.2) is 16.7 Å². The summed E-state index contributed by atoms with van der Waals surface area (Å²) in [7, 11) is 0. The summed E-state index contributed by atoms with van der Waals surface area (Å²) in [5.41, 5.74) is 1.25. The van der Waals surface area contributed by atoms with Gasteiger partial charge in [0.1, 0.15) is 5.82 Å². The van der Waals surface area contributed by atoms with Crippen LogP contribution in [0.3, 0.4) is 0 Å². The van der Waals surface area contributed by atoms with Crippen LogP contribution >= 0.6 is 11.3 Å². The van der Waals surface area contributed by atoms with Gasteiger partial charge in [-0.25, -0.2) is 19.2 Å². The molecule has 2 amide bonds. The molecule has 11 heteroatoms. The molecule has 3 heterocycles. The summed E-state index contributed by atoms with van der Waals surface area (Å²) in [5.74, 6) is 0.0463. The molecule has 1 aliphatic heterocycles. The quantitative estimate of drug-likeness (QED) is 0.459. The number of anilines is 2. The number of aromatic nitrogens is 2. The number of hydrogen-bond donors (Lipinski definition) is 4. The lowest BCUT2D eigenvalue weighted by molar-refractivity contribution is 0.0954. The van der Waals surface area contributed by atoms with Crippen molar-refractivity contribution < 1.29 is 24.5 Å². The lowest BCUT2D eigenvalue weighted by Crippen LogP contribution is -2.55. The van der Waals surface area contributed by atoms with Crippen molar-refractivity contribution in [2.75, 3.05) is 36.5 Å². The zero-order valence-electron chi connectivity index (χ0n) is 17.4. The van der Waals surface area contributed by atoms with E-state index < -0.39 is 6.10 Å². The Bertz CT molecular complexity index is 1130. The number of thiazole rings is 1. The number of piperazine rings is 1. The molecule has 0 bridgehead atoms. The van der Waals surface area contributed by atoms with Crippen molar-refractivity contribution in [1.82, 2.24) is 14.9 Å². The molecule has 2 atom stereocenters. The first-order valence-electron chi connectivity index (χ1n) is 10.2. The van der Waals surface area contributed by atoms with Crippen LogP contribution in [0.25, 0.3) is 10.2 Å². The molecule has 2 aromatic heterocycles. The zero-order valence-corrected chi connectivity index (χ0v) is 18.2. The van der Waals surface area contributed by atoms with Crippen LogP contribution in [0.15, 0.2) is 30.5 Å². The van der Waals surface area contributed by atoms with Crippen LogP contribution in [0.1, 0.15) is 12.5 Å². The van der Waals surface area contributed by atoms with E-state index in [2.05, 4.69) is 15.3 Å². The van der Waals surface area contributed by atoms with Crippen molar-refractivity contribution in [2.24, 2.45) is 0 Å². The van der Waals surface area contributed by atoms with Gasteiger partial charge in [0.25, 0.3) is 0 Å². The van der Waals surface area contributed by atoms with Crippen molar-refractivity contribution in [3.8, 4) is 5.75 Å². The van der Waals surface area contributed by atoms with Crippen LogP contribution in [-0.4, -0.2) is 74.6 Å². The second-order valence-electron chi connectivity index (χ2n) is 7.78. The summed E-state index contributed by atoms with van der Waals surface area (Å²) in [6.07, 6.45) is 0.854. The van der Waals surface area contributed by atoms with E-state index in [1.54, 1.807) is 17.2 Å². The Morgan fingerprint density at radius 1 is 1.38 bits per heavy atom. The van der Waals surface area contributed by atoms with E-state index >= 15 is 0 Å². The maximum Gasteiger partial charge on any atom is 0.324 e. The van der Waals surface area contributed by atoms with Gasteiger partial charge in [-0.2, -0.15) is 0 Å². The first-order chi connectivity index (χ1) is 15.3. The standard InChI is InChI=1S/C21H24FN5O4S/c1-12-10-26(19-17(30)7-13(9-23-19)6-15(29)11-28)4-5-27(12)21(31)25-20-24-16-3-2-14(22)8-18(16)32-20/h2-3,7-9,12,15,28-30H,4-6,10-11H2,1H3,(H,24,25,31)/t12-,15?/m0/s1. The maximum absolute atomic E-state index is 13.4. The highest BCUT2D eigenvalue weighted by Crippen LogP contribution is 2.29. The van der Waals surface area contributed by atoms with Crippen molar-refractivity contribution in [3.63, 3.8) is 0 Å². The maximum atomic E-state index is 13.4. The number of urea groups is 1. The van der Waals surface area contributed by atoms with Gasteiger partial charge in [-0.05, 0) is 36.8 Å². The minimum absolute atomic E-state index is 0.0144. The molecule has 4 N–H and O–H groups in total. The number of aliphatic hydroxyl groups is 2. The van der Waals surface area contributed by atoms with E-state index in [0.717, 1.165) is 0 Å². The number of aliphatic hydroxyl groups excluding tert-OH is 2. The summed E-state index contributed by atoms with van der Waals surface area (Å²) < 4.78 is 14.0. The fourth-order valence-electron chi connectivity index (χ4n) is 3.75. The third-order valence-corrected chi connectivity index (χ3v) is 6.27. The van der Waals surface area contributed by atoms with Crippen molar-refractivity contribution in [2.45, 2.75) is 25.5 Å². The number of carbonyl (C=O) groups excluding carboxylic acids is 1. The number of nitrogens with one attached hydrogen (secondary N) is 1. The Morgan fingerprint density at radius 3 is 2.91 bits per heavy atom. The molecule has 1 unspecified atom stereocenters. The molecule has 0 aliphatic carbocycles. The number of halogens is 1. The van der Waals surface area contributed by atoms with Crippen LogP contribution in [-0.2, 0) is 6.42 Å². The molecule has 32 heavy (non-hydrogen) atoms. The SMILES string of the molecule is C[C@H]1CN(c2ncc(CC(O)CO)cc2O)CCN1C(=O)Nc1nc2ccc(F)cc2s1. The average molecular weight is 462 g/mol. The first kappa shape index (κ1) is 22.2. The Morgan fingerprint density at radius 2 is 2.19 bits per heavy atom. The fraction of sp³-hybridized carbons (Fsp3) is 0.381. The third-order valence-electron chi connectivity index (χ3n) is 5.34. The molecule has 1 fully saturated rings. The van der Waals surface area contributed by atoms with E-state index in [9.17, 15) is 19.4 Å². The van der Waals surface area contributed by atoms with Crippen LogP contribution in [0.5, 0.6) is 5.75 Å². The summed E-state index contributed by atoms with van der Waals surface area (Å²) in [6.45, 7) is 2.90. The van der Waals surface area contributed by atoms with Crippen molar-refractivity contribution in [3.05, 3.63) is 41.8 Å². The number of aromatic hydroxyl groups is 1. The molecule has 1 saturated heterocycles. The Kier molecular flexibility index (Phi) is 6.40. The number of hydrogen-bond acceptors (Lipinski definition) is 8.